The lowest BCUT2D eigenvalue weighted by molar-refractivity contribution is 0.402. The van der Waals surface area contributed by atoms with Crippen LogP contribution in [0.25, 0.3) is 0 Å². The molecule has 20 heavy (non-hydrogen) atoms. The van der Waals surface area contributed by atoms with Crippen LogP contribution in [0.15, 0.2) is 24.3 Å². The molecule has 1 aromatic carbocycles. The molecule has 0 bridgehead atoms. The van der Waals surface area contributed by atoms with Gasteiger partial charge in [0.25, 0.3) is 0 Å². The van der Waals surface area contributed by atoms with E-state index in [0.29, 0.717) is 12.5 Å². The van der Waals surface area contributed by atoms with E-state index >= 15 is 0 Å². The summed E-state index contributed by atoms with van der Waals surface area (Å²) >= 11 is 0. The Morgan fingerprint density at radius 2 is 2.15 bits per heavy atom. The lowest BCUT2D eigenvalue weighted by Crippen LogP contribution is -2.39. The Bertz CT molecular complexity index is 565. The van der Waals surface area contributed by atoms with Gasteiger partial charge in [0.1, 0.15) is 0 Å². The molecule has 2 unspecified atom stereocenters. The number of hydrogen-bond donors (Lipinski definition) is 2. The molecule has 3 rings (SSSR count). The topological polar surface area (TPSA) is 58.2 Å². The van der Waals surface area contributed by atoms with Crippen molar-refractivity contribution in [3.8, 4) is 0 Å². The molecular weight excluding hydrogens is 272 g/mol. The van der Waals surface area contributed by atoms with E-state index in [2.05, 4.69) is 22.2 Å². The van der Waals surface area contributed by atoms with E-state index in [0.717, 1.165) is 32.4 Å². The number of hydrogen-bond acceptors (Lipinski definition) is 3. The predicted octanol–water partition coefficient (Wildman–Crippen LogP) is 1.25. The molecule has 0 aromatic heterocycles. The van der Waals surface area contributed by atoms with Crippen LogP contribution in [0.1, 0.15) is 29.9 Å². The van der Waals surface area contributed by atoms with Gasteiger partial charge in [-0.05, 0) is 49.4 Å². The van der Waals surface area contributed by atoms with Crippen molar-refractivity contribution < 1.29 is 8.42 Å². The summed E-state index contributed by atoms with van der Waals surface area (Å²) in [5.41, 5.74) is 2.66. The number of benzene rings is 1. The van der Waals surface area contributed by atoms with Crippen molar-refractivity contribution in [3.63, 3.8) is 0 Å². The summed E-state index contributed by atoms with van der Waals surface area (Å²) in [6, 6.07) is 8.28. The van der Waals surface area contributed by atoms with Gasteiger partial charge in [0, 0.05) is 12.5 Å². The van der Waals surface area contributed by atoms with Gasteiger partial charge in [-0.1, -0.05) is 24.3 Å². The normalized spacial score (nSPS) is 25.8. The largest absolute Gasteiger partial charge is 0.316 e. The highest BCUT2D eigenvalue weighted by Crippen LogP contribution is 2.34. The molecule has 1 aromatic rings. The molecule has 0 spiro atoms. The van der Waals surface area contributed by atoms with Gasteiger partial charge in [-0.25, -0.2) is 13.1 Å². The van der Waals surface area contributed by atoms with Crippen molar-refractivity contribution >= 4 is 10.0 Å². The van der Waals surface area contributed by atoms with Gasteiger partial charge in [-0.15, -0.1) is 0 Å². The number of rotatable bonds is 5. The fourth-order valence-electron chi connectivity index (χ4n) is 3.21. The van der Waals surface area contributed by atoms with Gasteiger partial charge >= 0.3 is 0 Å². The Kier molecular flexibility index (Phi) is 4.10. The monoisotopic (exact) mass is 294 g/mol. The molecule has 1 saturated heterocycles. The molecule has 1 fully saturated rings. The standard InChI is InChI=1S/C15H22N2O2S/c18-20(19,11-12-4-3-7-16-9-12)17-10-14-8-13-5-1-2-6-15(13)14/h1-2,5-6,12,14,16-17H,3-4,7-11H2. The van der Waals surface area contributed by atoms with E-state index in [1.165, 1.54) is 11.1 Å². The molecule has 1 aliphatic carbocycles. The zero-order valence-electron chi connectivity index (χ0n) is 11.6. The molecule has 5 heteroatoms. The zero-order valence-corrected chi connectivity index (χ0v) is 12.5. The van der Waals surface area contributed by atoms with E-state index in [1.54, 1.807) is 0 Å². The van der Waals surface area contributed by atoms with E-state index in [-0.39, 0.29) is 11.7 Å². The van der Waals surface area contributed by atoms with Crippen molar-refractivity contribution in [2.45, 2.75) is 25.2 Å². The second-order valence-electron chi connectivity index (χ2n) is 5.94. The first kappa shape index (κ1) is 14.0. The van der Waals surface area contributed by atoms with Crippen LogP contribution in [0.4, 0.5) is 0 Å². The fraction of sp³-hybridized carbons (Fsp3) is 0.600. The predicted molar refractivity (Wildman–Crippen MR) is 80.3 cm³/mol. The maximum Gasteiger partial charge on any atom is 0.211 e. The lowest BCUT2D eigenvalue weighted by atomic mass is 9.78. The van der Waals surface area contributed by atoms with Gasteiger partial charge < -0.3 is 5.32 Å². The van der Waals surface area contributed by atoms with E-state index in [9.17, 15) is 8.42 Å². The minimum Gasteiger partial charge on any atom is -0.316 e. The summed E-state index contributed by atoms with van der Waals surface area (Å²) in [7, 11) is -3.15. The van der Waals surface area contributed by atoms with Gasteiger partial charge in [-0.2, -0.15) is 0 Å². The third kappa shape index (κ3) is 3.22. The molecule has 2 aliphatic rings. The molecule has 0 radical (unpaired) electrons. The zero-order chi connectivity index (χ0) is 14.0. The lowest BCUT2D eigenvalue weighted by Gasteiger charge is -2.30. The maximum atomic E-state index is 12.1. The third-order valence-electron chi connectivity index (χ3n) is 4.36. The quantitative estimate of drug-likeness (QED) is 0.859. The minimum absolute atomic E-state index is 0.258. The van der Waals surface area contributed by atoms with Crippen LogP contribution in [0, 0.1) is 5.92 Å². The van der Waals surface area contributed by atoms with Crippen molar-refractivity contribution in [3.05, 3.63) is 35.4 Å². The van der Waals surface area contributed by atoms with Crippen LogP contribution in [0.5, 0.6) is 0 Å². The van der Waals surface area contributed by atoms with Gasteiger partial charge in [0.05, 0.1) is 5.75 Å². The average Bonchev–Trinajstić information content (AvgIpc) is 2.40. The number of fused-ring (bicyclic) bond motifs is 1. The minimum atomic E-state index is -3.15. The fourth-order valence-corrected chi connectivity index (χ4v) is 4.69. The van der Waals surface area contributed by atoms with Crippen molar-refractivity contribution in [2.75, 3.05) is 25.4 Å². The summed E-state index contributed by atoms with van der Waals surface area (Å²) in [5.74, 6) is 0.870. The van der Waals surface area contributed by atoms with Crippen molar-refractivity contribution in [1.82, 2.24) is 10.0 Å². The molecular formula is C15H22N2O2S. The highest BCUT2D eigenvalue weighted by molar-refractivity contribution is 7.89. The van der Waals surface area contributed by atoms with Crippen LogP contribution in [-0.2, 0) is 16.4 Å². The van der Waals surface area contributed by atoms with Crippen molar-refractivity contribution in [2.24, 2.45) is 5.92 Å². The molecule has 0 amide bonds. The van der Waals surface area contributed by atoms with Crippen LogP contribution in [-0.4, -0.2) is 33.8 Å². The first-order valence-electron chi connectivity index (χ1n) is 7.40. The molecule has 4 nitrogen and oxygen atoms in total. The number of nitrogens with one attached hydrogen (secondary N) is 2. The van der Waals surface area contributed by atoms with E-state index < -0.39 is 10.0 Å². The third-order valence-corrected chi connectivity index (χ3v) is 5.88. The van der Waals surface area contributed by atoms with E-state index in [4.69, 9.17) is 0 Å². The summed E-state index contributed by atoms with van der Waals surface area (Å²) in [5, 5.41) is 3.27. The maximum absolute atomic E-state index is 12.1. The molecule has 2 N–H and O–H groups in total. The Morgan fingerprint density at radius 3 is 2.90 bits per heavy atom. The van der Waals surface area contributed by atoms with Gasteiger partial charge in [0.15, 0.2) is 0 Å². The Morgan fingerprint density at radius 1 is 1.30 bits per heavy atom. The van der Waals surface area contributed by atoms with Crippen molar-refractivity contribution in [1.29, 1.82) is 0 Å². The van der Waals surface area contributed by atoms with Crippen LogP contribution in [0.2, 0.25) is 0 Å². The van der Waals surface area contributed by atoms with Crippen LogP contribution < -0.4 is 10.0 Å². The first-order valence-corrected chi connectivity index (χ1v) is 9.05. The molecule has 110 valence electrons. The first-order chi connectivity index (χ1) is 9.64. The molecule has 0 saturated carbocycles. The summed E-state index contributed by atoms with van der Waals surface area (Å²) in [4.78, 5) is 0. The summed E-state index contributed by atoms with van der Waals surface area (Å²) in [6.45, 7) is 2.38. The SMILES string of the molecule is O=S(=O)(CC1CCCNC1)NCC1Cc2ccccc21. The van der Waals surface area contributed by atoms with Gasteiger partial charge in [-0.3, -0.25) is 0 Å². The second-order valence-corrected chi connectivity index (χ2v) is 7.79. The van der Waals surface area contributed by atoms with Crippen LogP contribution >= 0.6 is 0 Å². The molecule has 2 atom stereocenters. The van der Waals surface area contributed by atoms with E-state index in [1.807, 2.05) is 12.1 Å². The van der Waals surface area contributed by atoms with Gasteiger partial charge in [0.2, 0.25) is 10.0 Å². The molecule has 1 aliphatic heterocycles. The van der Waals surface area contributed by atoms with Crippen LogP contribution in [0.3, 0.4) is 0 Å². The summed E-state index contributed by atoms with van der Waals surface area (Å²) < 4.78 is 27.0. The summed E-state index contributed by atoms with van der Waals surface area (Å²) in [6.07, 6.45) is 3.08. The average molecular weight is 294 g/mol. The molecule has 1 heterocycles. The highest BCUT2D eigenvalue weighted by atomic mass is 32.2. The Labute approximate surface area is 121 Å². The Hall–Kier alpha value is -0.910. The smallest absolute Gasteiger partial charge is 0.211 e. The highest BCUT2D eigenvalue weighted by Gasteiger charge is 2.27. The second kappa shape index (κ2) is 5.84. The number of sulfonamides is 1. The number of piperidine rings is 1. The Balaban J connectivity index is 1.51.